The first kappa shape index (κ1) is 22.2. The zero-order valence-electron chi connectivity index (χ0n) is 17.1. The smallest absolute Gasteiger partial charge is 0.243 e. The van der Waals surface area contributed by atoms with Gasteiger partial charge in [0.2, 0.25) is 15.9 Å². The first-order chi connectivity index (χ1) is 14.4. The second kappa shape index (κ2) is 10.0. The fourth-order valence-electron chi connectivity index (χ4n) is 3.30. The van der Waals surface area contributed by atoms with Gasteiger partial charge in [-0.05, 0) is 54.8 Å². The Labute approximate surface area is 177 Å². The van der Waals surface area contributed by atoms with E-state index in [1.165, 1.54) is 28.6 Å². The lowest BCUT2D eigenvalue weighted by Gasteiger charge is -2.25. The van der Waals surface area contributed by atoms with E-state index in [0.29, 0.717) is 32.0 Å². The van der Waals surface area contributed by atoms with Crippen LogP contribution in [0.5, 0.6) is 5.75 Å². The molecule has 2 aromatic rings. The van der Waals surface area contributed by atoms with Crippen molar-refractivity contribution < 1.29 is 22.3 Å². The molecule has 1 aliphatic rings. The van der Waals surface area contributed by atoms with Crippen LogP contribution in [0.3, 0.4) is 0 Å². The Balaban J connectivity index is 1.50. The highest BCUT2D eigenvalue weighted by Crippen LogP contribution is 2.21. The SMILES string of the molecule is CN(CCOc1ccc(F)cc1)C(=O)Cc1ccc(S(=O)(=O)N2CCCCC2)cc1. The third-order valence-corrected chi connectivity index (χ3v) is 7.08. The van der Waals surface area contributed by atoms with E-state index in [0.717, 1.165) is 24.8 Å². The van der Waals surface area contributed by atoms with Gasteiger partial charge in [0.1, 0.15) is 18.2 Å². The molecule has 1 aliphatic heterocycles. The van der Waals surface area contributed by atoms with Crippen molar-refractivity contribution in [1.29, 1.82) is 0 Å². The van der Waals surface area contributed by atoms with Gasteiger partial charge >= 0.3 is 0 Å². The van der Waals surface area contributed by atoms with Gasteiger partial charge in [-0.2, -0.15) is 4.31 Å². The van der Waals surface area contributed by atoms with Gasteiger partial charge in [0, 0.05) is 20.1 Å². The molecule has 8 heteroatoms. The molecule has 2 aromatic carbocycles. The van der Waals surface area contributed by atoms with Gasteiger partial charge in [-0.1, -0.05) is 18.6 Å². The zero-order chi connectivity index (χ0) is 21.6. The number of halogens is 1. The number of nitrogens with zero attached hydrogens (tertiary/aromatic N) is 2. The fraction of sp³-hybridized carbons (Fsp3) is 0.409. The third-order valence-electron chi connectivity index (χ3n) is 5.17. The normalized spacial score (nSPS) is 15.0. The highest BCUT2D eigenvalue weighted by Gasteiger charge is 2.25. The molecular weight excluding hydrogens is 407 g/mol. The quantitative estimate of drug-likeness (QED) is 0.640. The van der Waals surface area contributed by atoms with E-state index < -0.39 is 10.0 Å². The lowest BCUT2D eigenvalue weighted by atomic mass is 10.1. The summed E-state index contributed by atoms with van der Waals surface area (Å²) in [7, 11) is -1.78. The summed E-state index contributed by atoms with van der Waals surface area (Å²) < 4.78 is 45.3. The number of rotatable bonds is 8. The van der Waals surface area contributed by atoms with Crippen molar-refractivity contribution in [1.82, 2.24) is 9.21 Å². The Hall–Kier alpha value is -2.45. The second-order valence-corrected chi connectivity index (χ2v) is 9.34. The fourth-order valence-corrected chi connectivity index (χ4v) is 4.82. The maximum Gasteiger partial charge on any atom is 0.243 e. The predicted molar refractivity (Wildman–Crippen MR) is 112 cm³/mol. The van der Waals surface area contributed by atoms with E-state index in [9.17, 15) is 17.6 Å². The van der Waals surface area contributed by atoms with Gasteiger partial charge in [-0.3, -0.25) is 4.79 Å². The van der Waals surface area contributed by atoms with Crippen molar-refractivity contribution in [3.8, 4) is 5.75 Å². The van der Waals surface area contributed by atoms with Crippen LogP contribution in [0.15, 0.2) is 53.4 Å². The molecule has 0 aromatic heterocycles. The lowest BCUT2D eigenvalue weighted by molar-refractivity contribution is -0.129. The first-order valence-electron chi connectivity index (χ1n) is 10.1. The Morgan fingerprint density at radius 2 is 1.67 bits per heavy atom. The van der Waals surface area contributed by atoms with Gasteiger partial charge in [-0.25, -0.2) is 12.8 Å². The number of piperidine rings is 1. The predicted octanol–water partition coefficient (Wildman–Crippen LogP) is 3.08. The summed E-state index contributed by atoms with van der Waals surface area (Å²) in [4.78, 5) is 14.2. The number of likely N-dealkylation sites (N-methyl/N-ethyl adjacent to an activating group) is 1. The number of ether oxygens (including phenoxy) is 1. The number of benzene rings is 2. The molecule has 0 spiro atoms. The molecule has 0 aliphatic carbocycles. The Bertz CT molecular complexity index is 940. The molecule has 1 saturated heterocycles. The topological polar surface area (TPSA) is 66.9 Å². The Morgan fingerprint density at radius 3 is 2.30 bits per heavy atom. The molecule has 0 N–H and O–H groups in total. The Kier molecular flexibility index (Phi) is 7.44. The van der Waals surface area contributed by atoms with E-state index in [-0.39, 0.29) is 23.0 Å². The van der Waals surface area contributed by atoms with Crippen LogP contribution in [0.2, 0.25) is 0 Å². The minimum Gasteiger partial charge on any atom is -0.492 e. The van der Waals surface area contributed by atoms with Crippen LogP contribution in [-0.2, 0) is 21.2 Å². The van der Waals surface area contributed by atoms with Gasteiger partial charge < -0.3 is 9.64 Å². The summed E-state index contributed by atoms with van der Waals surface area (Å²) in [5, 5.41) is 0. The van der Waals surface area contributed by atoms with Crippen LogP contribution in [0.25, 0.3) is 0 Å². The zero-order valence-corrected chi connectivity index (χ0v) is 17.9. The molecule has 162 valence electrons. The highest BCUT2D eigenvalue weighted by atomic mass is 32.2. The van der Waals surface area contributed by atoms with E-state index >= 15 is 0 Å². The van der Waals surface area contributed by atoms with Crippen molar-refractivity contribution >= 4 is 15.9 Å². The number of carbonyl (C=O) groups excluding carboxylic acids is 1. The summed E-state index contributed by atoms with van der Waals surface area (Å²) in [5.41, 5.74) is 0.754. The average molecular weight is 435 g/mol. The Morgan fingerprint density at radius 1 is 1.03 bits per heavy atom. The first-order valence-corrected chi connectivity index (χ1v) is 11.5. The van der Waals surface area contributed by atoms with Crippen LogP contribution >= 0.6 is 0 Å². The van der Waals surface area contributed by atoms with Crippen LogP contribution in [0.1, 0.15) is 24.8 Å². The van der Waals surface area contributed by atoms with Gasteiger partial charge in [0.05, 0.1) is 17.9 Å². The van der Waals surface area contributed by atoms with Crippen molar-refractivity contribution in [2.24, 2.45) is 0 Å². The maximum atomic E-state index is 12.9. The third kappa shape index (κ3) is 5.79. The number of amides is 1. The summed E-state index contributed by atoms with van der Waals surface area (Å²) >= 11 is 0. The van der Waals surface area contributed by atoms with Crippen LogP contribution < -0.4 is 4.74 Å². The van der Waals surface area contributed by atoms with Crippen LogP contribution in [0, 0.1) is 5.82 Å². The number of sulfonamides is 1. The average Bonchev–Trinajstić information content (AvgIpc) is 2.76. The monoisotopic (exact) mass is 434 g/mol. The molecule has 30 heavy (non-hydrogen) atoms. The van der Waals surface area contributed by atoms with E-state index in [1.807, 2.05) is 0 Å². The molecular formula is C22H27FN2O4S. The number of hydrogen-bond donors (Lipinski definition) is 0. The molecule has 1 heterocycles. The maximum absolute atomic E-state index is 12.9. The van der Waals surface area contributed by atoms with Crippen molar-refractivity contribution in [3.05, 3.63) is 59.9 Å². The van der Waals surface area contributed by atoms with Gasteiger partial charge in [0.25, 0.3) is 0 Å². The van der Waals surface area contributed by atoms with E-state index in [1.54, 1.807) is 36.2 Å². The highest BCUT2D eigenvalue weighted by molar-refractivity contribution is 7.89. The van der Waals surface area contributed by atoms with Crippen molar-refractivity contribution in [2.75, 3.05) is 33.3 Å². The number of carbonyl (C=O) groups is 1. The molecule has 0 saturated carbocycles. The summed E-state index contributed by atoms with van der Waals surface area (Å²) in [6, 6.07) is 12.2. The number of hydrogen-bond acceptors (Lipinski definition) is 4. The van der Waals surface area contributed by atoms with Crippen molar-refractivity contribution in [2.45, 2.75) is 30.6 Å². The summed E-state index contributed by atoms with van der Waals surface area (Å²) in [5.74, 6) is 0.122. The molecule has 0 atom stereocenters. The summed E-state index contributed by atoms with van der Waals surface area (Å²) in [6.07, 6.45) is 3.03. The molecule has 0 radical (unpaired) electrons. The molecule has 1 amide bonds. The largest absolute Gasteiger partial charge is 0.492 e. The minimum atomic E-state index is -3.47. The summed E-state index contributed by atoms with van der Waals surface area (Å²) in [6.45, 7) is 1.80. The molecule has 0 unspecified atom stereocenters. The van der Waals surface area contributed by atoms with Gasteiger partial charge in [0.15, 0.2) is 0 Å². The van der Waals surface area contributed by atoms with Crippen LogP contribution in [0.4, 0.5) is 4.39 Å². The molecule has 0 bridgehead atoms. The lowest BCUT2D eigenvalue weighted by Crippen LogP contribution is -2.35. The molecule has 3 rings (SSSR count). The van der Waals surface area contributed by atoms with E-state index in [2.05, 4.69) is 0 Å². The van der Waals surface area contributed by atoms with Gasteiger partial charge in [-0.15, -0.1) is 0 Å². The molecule has 1 fully saturated rings. The minimum absolute atomic E-state index is 0.0932. The van der Waals surface area contributed by atoms with Crippen LogP contribution in [-0.4, -0.2) is 56.8 Å². The second-order valence-electron chi connectivity index (χ2n) is 7.40. The van der Waals surface area contributed by atoms with E-state index in [4.69, 9.17) is 4.74 Å². The van der Waals surface area contributed by atoms with Crippen molar-refractivity contribution in [3.63, 3.8) is 0 Å². The molecule has 6 nitrogen and oxygen atoms in total. The standard InChI is InChI=1S/C22H27FN2O4S/c1-24(15-16-29-20-9-7-19(23)8-10-20)22(26)17-18-5-11-21(12-6-18)30(27,28)25-13-3-2-4-14-25/h5-12H,2-4,13-17H2,1H3.